The predicted molar refractivity (Wildman–Crippen MR) is 122 cm³/mol. The number of nitrogens with zero attached hydrogens (tertiary/aromatic N) is 5. The summed E-state index contributed by atoms with van der Waals surface area (Å²) in [6.07, 6.45) is 3.35. The number of anilines is 1. The van der Waals surface area contributed by atoms with Gasteiger partial charge in [0.15, 0.2) is 0 Å². The quantitative estimate of drug-likeness (QED) is 0.700. The number of guanidine groups is 1. The van der Waals surface area contributed by atoms with Gasteiger partial charge < -0.3 is 4.90 Å². The van der Waals surface area contributed by atoms with E-state index in [1.807, 2.05) is 24.8 Å². The summed E-state index contributed by atoms with van der Waals surface area (Å²) in [4.78, 5) is 26.1. The number of hydrogen-bond acceptors (Lipinski definition) is 7. The predicted octanol–water partition coefficient (Wildman–Crippen LogP) is 2.20. The van der Waals surface area contributed by atoms with Gasteiger partial charge in [-0.15, -0.1) is 0 Å². The van der Waals surface area contributed by atoms with Gasteiger partial charge in [0.25, 0.3) is 5.91 Å². The van der Waals surface area contributed by atoms with Crippen molar-refractivity contribution in [2.45, 2.75) is 56.1 Å². The van der Waals surface area contributed by atoms with Crippen LogP contribution in [0.5, 0.6) is 0 Å². The number of fused-ring (bicyclic) bond motifs is 3. The highest BCUT2D eigenvalue weighted by Gasteiger charge is 2.43. The Balaban J connectivity index is 1.55. The zero-order valence-electron chi connectivity index (χ0n) is 18.4. The molecular weight excluding hydrogens is 440 g/mol. The average Bonchev–Trinajstić information content (AvgIpc) is 3.37. The first-order chi connectivity index (χ1) is 15.7. The summed E-state index contributed by atoms with van der Waals surface area (Å²) in [5, 5.41) is 9.14. The van der Waals surface area contributed by atoms with Crippen molar-refractivity contribution in [1.29, 1.82) is 5.26 Å². The Labute approximate surface area is 192 Å². The van der Waals surface area contributed by atoms with Crippen LogP contribution in [0.25, 0.3) is 0 Å². The number of sulfonamides is 1. The first kappa shape index (κ1) is 21.6. The van der Waals surface area contributed by atoms with Gasteiger partial charge in [-0.2, -0.15) is 5.26 Å². The molecular formula is C23H24N6O3S. The molecule has 0 saturated heterocycles. The number of amides is 1. The lowest BCUT2D eigenvalue weighted by Crippen LogP contribution is -2.52. The fourth-order valence-corrected chi connectivity index (χ4v) is 5.76. The van der Waals surface area contributed by atoms with Gasteiger partial charge in [-0.3, -0.25) is 19.7 Å². The van der Waals surface area contributed by atoms with E-state index in [-0.39, 0.29) is 29.8 Å². The van der Waals surface area contributed by atoms with Crippen LogP contribution in [-0.4, -0.2) is 48.3 Å². The maximum Gasteiger partial charge on any atom is 0.263 e. The number of aliphatic imine (C=N–C) groups is 1. The molecule has 1 aromatic carbocycles. The zero-order chi connectivity index (χ0) is 23.4. The van der Waals surface area contributed by atoms with Gasteiger partial charge in [-0.1, -0.05) is 6.07 Å². The smallest absolute Gasteiger partial charge is 0.263 e. The van der Waals surface area contributed by atoms with Crippen molar-refractivity contribution in [3.05, 3.63) is 53.3 Å². The molecule has 2 aliphatic heterocycles. The van der Waals surface area contributed by atoms with E-state index in [0.717, 1.165) is 18.4 Å². The second-order valence-electron chi connectivity index (χ2n) is 9.04. The number of hydrogen-bond donors (Lipinski definition) is 1. The Kier molecular flexibility index (Phi) is 4.99. The van der Waals surface area contributed by atoms with Gasteiger partial charge in [0.1, 0.15) is 0 Å². The number of carbonyl (C=O) groups is 1. The number of carbonyl (C=O) groups excluding carboxylic acids is 1. The average molecular weight is 465 g/mol. The van der Waals surface area contributed by atoms with Crippen molar-refractivity contribution >= 4 is 27.6 Å². The molecule has 1 atom stereocenters. The topological polar surface area (TPSA) is 119 Å². The Bertz CT molecular complexity index is 1330. The van der Waals surface area contributed by atoms with Gasteiger partial charge in [-0.05, 0) is 56.5 Å². The third-order valence-electron chi connectivity index (χ3n) is 6.35. The largest absolute Gasteiger partial charge is 0.307 e. The maximum absolute atomic E-state index is 13.6. The van der Waals surface area contributed by atoms with E-state index in [0.29, 0.717) is 29.4 Å². The molecule has 0 radical (unpaired) electrons. The third kappa shape index (κ3) is 3.77. The SMILES string of the molecule is C[C@@H]1CN=C2N(Cc3cccnc3CC#N)C(=O)c3cc(S(=O)(=O)NC4(C)CC4)ccc3N21. The fraction of sp³-hybridized carbons (Fsp3) is 0.391. The van der Waals surface area contributed by atoms with Crippen LogP contribution in [0.2, 0.25) is 0 Å². The van der Waals surface area contributed by atoms with Gasteiger partial charge in [-0.25, -0.2) is 13.1 Å². The lowest BCUT2D eigenvalue weighted by atomic mass is 10.0. The van der Waals surface area contributed by atoms with Gasteiger partial charge in [0.2, 0.25) is 16.0 Å². The monoisotopic (exact) mass is 464 g/mol. The van der Waals surface area contributed by atoms with Gasteiger partial charge in [0.05, 0.1) is 53.5 Å². The van der Waals surface area contributed by atoms with Crippen molar-refractivity contribution in [2.24, 2.45) is 4.99 Å². The molecule has 33 heavy (non-hydrogen) atoms. The number of nitriles is 1. The number of benzene rings is 1. The molecule has 1 aliphatic carbocycles. The van der Waals surface area contributed by atoms with E-state index in [4.69, 9.17) is 5.26 Å². The van der Waals surface area contributed by atoms with Crippen LogP contribution in [0.4, 0.5) is 5.69 Å². The van der Waals surface area contributed by atoms with Crippen LogP contribution >= 0.6 is 0 Å². The summed E-state index contributed by atoms with van der Waals surface area (Å²) in [5.41, 5.74) is 1.92. The summed E-state index contributed by atoms with van der Waals surface area (Å²) in [6.45, 7) is 4.60. The Morgan fingerprint density at radius 3 is 2.82 bits per heavy atom. The summed E-state index contributed by atoms with van der Waals surface area (Å²) < 4.78 is 28.6. The molecule has 2 aromatic rings. The molecule has 3 aliphatic rings. The molecule has 1 fully saturated rings. The van der Waals surface area contributed by atoms with Crippen molar-refractivity contribution < 1.29 is 13.2 Å². The molecule has 1 amide bonds. The van der Waals surface area contributed by atoms with Crippen molar-refractivity contribution in [3.63, 3.8) is 0 Å². The van der Waals surface area contributed by atoms with Crippen molar-refractivity contribution in [3.8, 4) is 6.07 Å². The second-order valence-corrected chi connectivity index (χ2v) is 10.7. The number of rotatable bonds is 6. The Morgan fingerprint density at radius 2 is 2.09 bits per heavy atom. The molecule has 5 rings (SSSR count). The van der Waals surface area contributed by atoms with Crippen molar-refractivity contribution in [1.82, 2.24) is 14.6 Å². The lowest BCUT2D eigenvalue weighted by Gasteiger charge is -2.38. The number of aromatic nitrogens is 1. The minimum Gasteiger partial charge on any atom is -0.307 e. The third-order valence-corrected chi connectivity index (χ3v) is 7.98. The van der Waals surface area contributed by atoms with E-state index in [1.165, 1.54) is 6.07 Å². The minimum atomic E-state index is -3.75. The second kappa shape index (κ2) is 7.64. The molecule has 9 nitrogen and oxygen atoms in total. The van der Waals surface area contributed by atoms with Crippen LogP contribution in [0.1, 0.15) is 48.3 Å². The van der Waals surface area contributed by atoms with Crippen LogP contribution in [0, 0.1) is 11.3 Å². The van der Waals surface area contributed by atoms with Crippen LogP contribution in [0.15, 0.2) is 46.4 Å². The van der Waals surface area contributed by atoms with Crippen LogP contribution in [-0.2, 0) is 23.0 Å². The molecule has 0 spiro atoms. The molecule has 10 heteroatoms. The summed E-state index contributed by atoms with van der Waals surface area (Å²) >= 11 is 0. The molecule has 1 aromatic heterocycles. The standard InChI is InChI=1S/C23H24N6O3S/c1-15-13-26-22-28(14-16-4-3-11-25-19(16)7-10-24)21(30)18-12-17(5-6-20(18)29(15)22)33(31,32)27-23(2)8-9-23/h3-6,11-12,15,27H,7-9,13-14H2,1-2H3/t15-/m1/s1. The summed E-state index contributed by atoms with van der Waals surface area (Å²) in [6, 6.07) is 10.4. The lowest BCUT2D eigenvalue weighted by molar-refractivity contribution is 0.0832. The Hall–Kier alpha value is -3.29. The molecule has 1 saturated carbocycles. The zero-order valence-corrected chi connectivity index (χ0v) is 19.3. The molecule has 0 bridgehead atoms. The van der Waals surface area contributed by atoms with Gasteiger partial charge in [0, 0.05) is 11.7 Å². The highest BCUT2D eigenvalue weighted by atomic mass is 32.2. The maximum atomic E-state index is 13.6. The van der Waals surface area contributed by atoms with E-state index in [9.17, 15) is 13.2 Å². The highest BCUT2D eigenvalue weighted by molar-refractivity contribution is 7.89. The van der Waals surface area contributed by atoms with Crippen molar-refractivity contribution in [2.75, 3.05) is 11.4 Å². The summed E-state index contributed by atoms with van der Waals surface area (Å²) in [5.74, 6) is 0.210. The highest BCUT2D eigenvalue weighted by Crippen LogP contribution is 2.38. The molecule has 1 N–H and O–H groups in total. The molecule has 0 unspecified atom stereocenters. The van der Waals surface area contributed by atoms with Crippen LogP contribution in [0.3, 0.4) is 0 Å². The van der Waals surface area contributed by atoms with E-state index in [2.05, 4.69) is 20.8 Å². The normalized spacial score (nSPS) is 20.7. The Morgan fingerprint density at radius 1 is 1.30 bits per heavy atom. The summed E-state index contributed by atoms with van der Waals surface area (Å²) in [7, 11) is -3.75. The molecule has 3 heterocycles. The van der Waals surface area contributed by atoms with E-state index in [1.54, 1.807) is 29.3 Å². The van der Waals surface area contributed by atoms with E-state index < -0.39 is 15.6 Å². The first-order valence-corrected chi connectivity index (χ1v) is 12.3. The molecule has 170 valence electrons. The van der Waals surface area contributed by atoms with E-state index >= 15 is 0 Å². The van der Waals surface area contributed by atoms with Crippen LogP contribution < -0.4 is 9.62 Å². The van der Waals surface area contributed by atoms with Gasteiger partial charge >= 0.3 is 0 Å². The minimum absolute atomic E-state index is 0.0211. The fourth-order valence-electron chi connectivity index (χ4n) is 4.26. The number of nitrogens with one attached hydrogen (secondary N) is 1. The number of pyridine rings is 1. The first-order valence-electron chi connectivity index (χ1n) is 10.9.